The molecule has 0 aromatic heterocycles. The molecular formula is C15H22N4O2. The molecule has 3 rings (SSSR count). The SMILES string of the molecule is Nc1c(CN2CCN3CCCCC3C2)cccc1[N+](=O)[O-]. The highest BCUT2D eigenvalue weighted by atomic mass is 16.6. The van der Waals surface area contributed by atoms with E-state index in [1.807, 2.05) is 6.07 Å². The average Bonchev–Trinajstić information content (AvgIpc) is 2.49. The highest BCUT2D eigenvalue weighted by molar-refractivity contribution is 5.62. The van der Waals surface area contributed by atoms with E-state index in [9.17, 15) is 10.1 Å². The van der Waals surface area contributed by atoms with E-state index in [-0.39, 0.29) is 5.69 Å². The lowest BCUT2D eigenvalue weighted by molar-refractivity contribution is -0.384. The normalized spacial score (nSPS) is 23.7. The van der Waals surface area contributed by atoms with Crippen molar-refractivity contribution in [2.45, 2.75) is 31.8 Å². The number of piperidine rings is 1. The molecule has 2 fully saturated rings. The monoisotopic (exact) mass is 290 g/mol. The zero-order valence-electron chi connectivity index (χ0n) is 12.2. The third kappa shape index (κ3) is 3.01. The zero-order chi connectivity index (χ0) is 14.8. The standard InChI is InChI=1S/C15H22N4O2/c16-15-12(4-3-6-14(15)19(20)21)10-17-8-9-18-7-2-1-5-13(18)11-17/h3-4,6,13H,1-2,5,7-11,16H2. The minimum atomic E-state index is -0.405. The van der Waals surface area contributed by atoms with Gasteiger partial charge >= 0.3 is 0 Å². The first-order chi connectivity index (χ1) is 10.1. The molecule has 114 valence electrons. The van der Waals surface area contributed by atoms with Crippen molar-refractivity contribution in [2.24, 2.45) is 0 Å². The van der Waals surface area contributed by atoms with Gasteiger partial charge in [0, 0.05) is 38.3 Å². The Morgan fingerprint density at radius 1 is 1.29 bits per heavy atom. The van der Waals surface area contributed by atoms with Gasteiger partial charge in [-0.1, -0.05) is 18.6 Å². The molecule has 0 spiro atoms. The van der Waals surface area contributed by atoms with E-state index < -0.39 is 4.92 Å². The van der Waals surface area contributed by atoms with Gasteiger partial charge in [0.1, 0.15) is 5.69 Å². The Labute approximate surface area is 124 Å². The van der Waals surface area contributed by atoms with E-state index >= 15 is 0 Å². The number of fused-ring (bicyclic) bond motifs is 1. The highest BCUT2D eigenvalue weighted by Crippen LogP contribution is 2.27. The summed E-state index contributed by atoms with van der Waals surface area (Å²) in [4.78, 5) is 15.5. The van der Waals surface area contributed by atoms with Crippen molar-refractivity contribution in [3.05, 3.63) is 33.9 Å². The summed E-state index contributed by atoms with van der Waals surface area (Å²) < 4.78 is 0. The number of nitro groups is 1. The van der Waals surface area contributed by atoms with Gasteiger partial charge in [0.25, 0.3) is 5.69 Å². The summed E-state index contributed by atoms with van der Waals surface area (Å²) in [5.41, 5.74) is 7.15. The van der Waals surface area contributed by atoms with Crippen LogP contribution in [0.1, 0.15) is 24.8 Å². The molecular weight excluding hydrogens is 268 g/mol. The lowest BCUT2D eigenvalue weighted by atomic mass is 9.99. The molecule has 1 aromatic rings. The molecule has 0 aliphatic carbocycles. The second kappa shape index (κ2) is 5.99. The Bertz CT molecular complexity index is 534. The van der Waals surface area contributed by atoms with E-state index in [1.165, 1.54) is 31.9 Å². The van der Waals surface area contributed by atoms with E-state index in [1.54, 1.807) is 6.07 Å². The number of nitrogen functional groups attached to an aromatic ring is 1. The van der Waals surface area contributed by atoms with Crippen LogP contribution in [0.2, 0.25) is 0 Å². The second-order valence-corrected chi connectivity index (χ2v) is 6.03. The maximum Gasteiger partial charge on any atom is 0.292 e. The van der Waals surface area contributed by atoms with Crippen LogP contribution in [0.15, 0.2) is 18.2 Å². The number of piperazine rings is 1. The predicted octanol–water partition coefficient (Wildman–Crippen LogP) is 1.85. The number of nitrogens with zero attached hydrogens (tertiary/aromatic N) is 3. The van der Waals surface area contributed by atoms with Gasteiger partial charge in [0.2, 0.25) is 0 Å². The van der Waals surface area contributed by atoms with Gasteiger partial charge in [-0.25, -0.2) is 0 Å². The maximum atomic E-state index is 11.0. The fourth-order valence-corrected chi connectivity index (χ4v) is 3.50. The Morgan fingerprint density at radius 2 is 2.14 bits per heavy atom. The number of nitrogens with two attached hydrogens (primary N) is 1. The van der Waals surface area contributed by atoms with Gasteiger partial charge in [0.05, 0.1) is 4.92 Å². The predicted molar refractivity (Wildman–Crippen MR) is 82.0 cm³/mol. The van der Waals surface area contributed by atoms with Crippen molar-refractivity contribution < 1.29 is 4.92 Å². The van der Waals surface area contributed by atoms with Gasteiger partial charge in [-0.2, -0.15) is 0 Å². The van der Waals surface area contributed by atoms with Gasteiger partial charge in [0.15, 0.2) is 0 Å². The van der Waals surface area contributed by atoms with Crippen LogP contribution >= 0.6 is 0 Å². The fourth-order valence-electron chi connectivity index (χ4n) is 3.50. The first kappa shape index (κ1) is 14.3. The van der Waals surface area contributed by atoms with Crippen LogP contribution in [0.4, 0.5) is 11.4 Å². The van der Waals surface area contributed by atoms with Crippen molar-refractivity contribution in [3.63, 3.8) is 0 Å². The molecule has 1 atom stereocenters. The van der Waals surface area contributed by atoms with Crippen molar-refractivity contribution >= 4 is 11.4 Å². The Balaban J connectivity index is 1.69. The summed E-state index contributed by atoms with van der Waals surface area (Å²) >= 11 is 0. The van der Waals surface area contributed by atoms with Crippen molar-refractivity contribution in [3.8, 4) is 0 Å². The third-order valence-electron chi connectivity index (χ3n) is 4.69. The van der Waals surface area contributed by atoms with E-state index in [2.05, 4.69) is 9.80 Å². The molecule has 0 bridgehead atoms. The van der Waals surface area contributed by atoms with Crippen LogP contribution in [0.25, 0.3) is 0 Å². The minimum absolute atomic E-state index is 0.0174. The number of hydrogen-bond acceptors (Lipinski definition) is 5. The fraction of sp³-hybridized carbons (Fsp3) is 0.600. The van der Waals surface area contributed by atoms with E-state index in [0.29, 0.717) is 18.3 Å². The molecule has 0 radical (unpaired) electrons. The quantitative estimate of drug-likeness (QED) is 0.522. The number of rotatable bonds is 3. The molecule has 1 unspecified atom stereocenters. The first-order valence-corrected chi connectivity index (χ1v) is 7.63. The van der Waals surface area contributed by atoms with Crippen LogP contribution in [-0.4, -0.2) is 46.9 Å². The molecule has 1 aromatic carbocycles. The average molecular weight is 290 g/mol. The Hall–Kier alpha value is -1.66. The Morgan fingerprint density at radius 3 is 2.95 bits per heavy atom. The molecule has 2 heterocycles. The maximum absolute atomic E-state index is 11.0. The molecule has 6 heteroatoms. The number of benzene rings is 1. The number of hydrogen-bond donors (Lipinski definition) is 1. The van der Waals surface area contributed by atoms with Crippen LogP contribution in [-0.2, 0) is 6.54 Å². The van der Waals surface area contributed by atoms with Crippen molar-refractivity contribution in [2.75, 3.05) is 31.9 Å². The first-order valence-electron chi connectivity index (χ1n) is 7.63. The molecule has 2 aliphatic heterocycles. The van der Waals surface area contributed by atoms with Crippen LogP contribution < -0.4 is 5.73 Å². The van der Waals surface area contributed by atoms with Gasteiger partial charge in [-0.05, 0) is 24.9 Å². The van der Waals surface area contributed by atoms with Gasteiger partial charge < -0.3 is 5.73 Å². The van der Waals surface area contributed by atoms with Crippen LogP contribution in [0.3, 0.4) is 0 Å². The van der Waals surface area contributed by atoms with E-state index in [4.69, 9.17) is 5.73 Å². The summed E-state index contributed by atoms with van der Waals surface area (Å²) in [5.74, 6) is 0. The van der Waals surface area contributed by atoms with E-state index in [0.717, 1.165) is 25.2 Å². The molecule has 21 heavy (non-hydrogen) atoms. The summed E-state index contributed by atoms with van der Waals surface area (Å²) in [7, 11) is 0. The number of nitro benzene ring substituents is 1. The lowest BCUT2D eigenvalue weighted by Gasteiger charge is -2.44. The lowest BCUT2D eigenvalue weighted by Crippen LogP contribution is -2.54. The number of para-hydroxylation sites is 1. The summed E-state index contributed by atoms with van der Waals surface area (Å²) in [6, 6.07) is 5.74. The second-order valence-electron chi connectivity index (χ2n) is 6.03. The minimum Gasteiger partial charge on any atom is -0.393 e. The van der Waals surface area contributed by atoms with Gasteiger partial charge in [-0.15, -0.1) is 0 Å². The van der Waals surface area contributed by atoms with Crippen LogP contribution in [0, 0.1) is 10.1 Å². The molecule has 0 amide bonds. The molecule has 0 saturated carbocycles. The summed E-state index contributed by atoms with van der Waals surface area (Å²) in [6.45, 7) is 5.08. The Kier molecular flexibility index (Phi) is 4.07. The van der Waals surface area contributed by atoms with Gasteiger partial charge in [-0.3, -0.25) is 19.9 Å². The smallest absolute Gasteiger partial charge is 0.292 e. The molecule has 2 N–H and O–H groups in total. The zero-order valence-corrected chi connectivity index (χ0v) is 12.2. The number of anilines is 1. The third-order valence-corrected chi connectivity index (χ3v) is 4.69. The molecule has 6 nitrogen and oxygen atoms in total. The largest absolute Gasteiger partial charge is 0.393 e. The molecule has 2 aliphatic rings. The van der Waals surface area contributed by atoms with Crippen molar-refractivity contribution in [1.29, 1.82) is 0 Å². The highest BCUT2D eigenvalue weighted by Gasteiger charge is 2.29. The topological polar surface area (TPSA) is 75.6 Å². The molecule has 2 saturated heterocycles. The van der Waals surface area contributed by atoms with Crippen LogP contribution in [0.5, 0.6) is 0 Å². The summed E-state index contributed by atoms with van der Waals surface area (Å²) in [5, 5.41) is 11.0. The summed E-state index contributed by atoms with van der Waals surface area (Å²) in [6.07, 6.45) is 3.89. The van der Waals surface area contributed by atoms with Crippen molar-refractivity contribution in [1.82, 2.24) is 9.80 Å².